The zero-order valence-corrected chi connectivity index (χ0v) is 17.1. The van der Waals surface area contributed by atoms with E-state index in [1.54, 1.807) is 13.2 Å². The van der Waals surface area contributed by atoms with Crippen molar-refractivity contribution in [3.8, 4) is 11.5 Å². The summed E-state index contributed by atoms with van der Waals surface area (Å²) in [4.78, 5) is 39.5. The zero-order valence-electron chi connectivity index (χ0n) is 17.1. The first-order valence-electron chi connectivity index (χ1n) is 10.1. The van der Waals surface area contributed by atoms with Gasteiger partial charge in [-0.2, -0.15) is 0 Å². The van der Waals surface area contributed by atoms with Crippen LogP contribution < -0.4 is 14.8 Å². The largest absolute Gasteiger partial charge is 0.497 e. The molecule has 4 amide bonds. The van der Waals surface area contributed by atoms with Crippen LogP contribution in [0.4, 0.5) is 4.79 Å². The van der Waals surface area contributed by atoms with E-state index in [1.807, 2.05) is 24.3 Å². The Labute approximate surface area is 174 Å². The maximum atomic E-state index is 13.2. The normalized spacial score (nSPS) is 19.3. The lowest BCUT2D eigenvalue weighted by atomic mass is 9.93. The monoisotopic (exact) mass is 408 g/mol. The van der Waals surface area contributed by atoms with E-state index < -0.39 is 17.8 Å². The Morgan fingerprint density at radius 2 is 1.73 bits per heavy atom. The Morgan fingerprint density at radius 1 is 1.00 bits per heavy atom. The molecule has 7 heteroatoms. The fraction of sp³-hybridized carbons (Fsp3) is 0.348. The third-order valence-corrected chi connectivity index (χ3v) is 5.81. The maximum absolute atomic E-state index is 13.2. The van der Waals surface area contributed by atoms with Crippen LogP contribution in [0.1, 0.15) is 37.7 Å². The Morgan fingerprint density at radius 3 is 2.43 bits per heavy atom. The van der Waals surface area contributed by atoms with Gasteiger partial charge < -0.3 is 9.47 Å². The lowest BCUT2D eigenvalue weighted by molar-refractivity contribution is -0.132. The molecule has 0 spiro atoms. The molecule has 1 saturated heterocycles. The molecule has 0 atom stereocenters. The lowest BCUT2D eigenvalue weighted by Crippen LogP contribution is -2.58. The summed E-state index contributed by atoms with van der Waals surface area (Å²) in [6, 6.07) is 8.44. The van der Waals surface area contributed by atoms with Crippen LogP contribution in [0.5, 0.6) is 11.5 Å². The van der Waals surface area contributed by atoms with E-state index in [-0.39, 0.29) is 11.6 Å². The first-order chi connectivity index (χ1) is 14.5. The quantitative estimate of drug-likeness (QED) is 0.617. The highest BCUT2D eigenvalue weighted by atomic mass is 16.5. The molecule has 1 heterocycles. The first-order valence-corrected chi connectivity index (χ1v) is 10.1. The van der Waals surface area contributed by atoms with Crippen molar-refractivity contribution in [2.45, 2.75) is 38.1 Å². The number of carbonyl (C=O) groups is 3. The summed E-state index contributed by atoms with van der Waals surface area (Å²) in [7, 11) is 3.11. The van der Waals surface area contributed by atoms with Gasteiger partial charge in [0.2, 0.25) is 0 Å². The molecule has 0 bridgehead atoms. The number of ether oxygens (including phenoxy) is 2. The van der Waals surface area contributed by atoms with Gasteiger partial charge in [-0.15, -0.1) is 0 Å². The molecule has 4 rings (SSSR count). The van der Waals surface area contributed by atoms with Crippen LogP contribution in [0.25, 0.3) is 16.8 Å². The van der Waals surface area contributed by atoms with Gasteiger partial charge in [-0.3, -0.25) is 19.8 Å². The average molecular weight is 408 g/mol. The minimum atomic E-state index is -0.695. The predicted molar refractivity (Wildman–Crippen MR) is 112 cm³/mol. The van der Waals surface area contributed by atoms with Crippen molar-refractivity contribution in [1.29, 1.82) is 0 Å². The van der Waals surface area contributed by atoms with Crippen LogP contribution in [0.2, 0.25) is 0 Å². The number of hydrogen-bond acceptors (Lipinski definition) is 5. The van der Waals surface area contributed by atoms with Crippen molar-refractivity contribution in [3.05, 3.63) is 41.5 Å². The maximum Gasteiger partial charge on any atom is 0.331 e. The van der Waals surface area contributed by atoms with Crippen molar-refractivity contribution in [2.24, 2.45) is 0 Å². The summed E-state index contributed by atoms with van der Waals surface area (Å²) in [5.41, 5.74) is 0.513. The highest BCUT2D eigenvalue weighted by Gasteiger charge is 2.40. The lowest BCUT2D eigenvalue weighted by Gasteiger charge is -2.35. The van der Waals surface area contributed by atoms with Gasteiger partial charge >= 0.3 is 6.03 Å². The molecule has 1 N–H and O–H groups in total. The fourth-order valence-electron chi connectivity index (χ4n) is 4.24. The third-order valence-electron chi connectivity index (χ3n) is 5.81. The second kappa shape index (κ2) is 8.18. The van der Waals surface area contributed by atoms with Crippen LogP contribution in [0.15, 0.2) is 35.9 Å². The van der Waals surface area contributed by atoms with Gasteiger partial charge in [0.1, 0.15) is 17.1 Å². The number of carbonyl (C=O) groups excluding carboxylic acids is 3. The Balaban J connectivity index is 1.82. The third kappa shape index (κ3) is 3.51. The molecule has 0 unspecified atom stereocenters. The van der Waals surface area contributed by atoms with Gasteiger partial charge in [-0.05, 0) is 47.9 Å². The number of nitrogens with one attached hydrogen (secondary N) is 1. The van der Waals surface area contributed by atoms with E-state index in [0.29, 0.717) is 17.1 Å². The summed E-state index contributed by atoms with van der Waals surface area (Å²) >= 11 is 0. The van der Waals surface area contributed by atoms with E-state index in [4.69, 9.17) is 9.47 Å². The SMILES string of the molecule is COc1ccc2ccc(OC)c(C=C3C(=O)NC(=O)N(C4CCCCC4)C3=O)c2c1. The number of urea groups is 1. The highest BCUT2D eigenvalue weighted by molar-refractivity contribution is 6.31. The van der Waals surface area contributed by atoms with Gasteiger partial charge in [0, 0.05) is 11.6 Å². The van der Waals surface area contributed by atoms with Crippen molar-refractivity contribution in [2.75, 3.05) is 14.2 Å². The standard InChI is InChI=1S/C23H24N2O5/c1-29-16-10-8-14-9-11-20(30-2)18(17(14)12-16)13-19-21(26)24-23(28)25(22(19)27)15-6-4-3-5-7-15/h8-13,15H,3-7H2,1-2H3,(H,24,26,28). The molecular weight excluding hydrogens is 384 g/mol. The molecule has 0 aromatic heterocycles. The Hall–Kier alpha value is -3.35. The average Bonchev–Trinajstić information content (AvgIpc) is 2.76. The minimum absolute atomic E-state index is 0.0752. The van der Waals surface area contributed by atoms with Crippen LogP contribution in [0.3, 0.4) is 0 Å². The van der Waals surface area contributed by atoms with Crippen LogP contribution >= 0.6 is 0 Å². The number of barbiturate groups is 1. The number of amides is 4. The summed E-state index contributed by atoms with van der Waals surface area (Å²) < 4.78 is 10.8. The molecule has 2 aliphatic rings. The molecular formula is C23H24N2O5. The van der Waals surface area contributed by atoms with Crippen molar-refractivity contribution < 1.29 is 23.9 Å². The van der Waals surface area contributed by atoms with Gasteiger partial charge in [0.25, 0.3) is 11.8 Å². The Bertz CT molecular complexity index is 1050. The van der Waals surface area contributed by atoms with Crippen molar-refractivity contribution in [3.63, 3.8) is 0 Å². The first kappa shape index (κ1) is 19.9. The zero-order chi connectivity index (χ0) is 21.3. The molecule has 1 aliphatic carbocycles. The van der Waals surface area contributed by atoms with Gasteiger partial charge in [0.15, 0.2) is 0 Å². The number of methoxy groups -OCH3 is 2. The molecule has 1 aliphatic heterocycles. The summed E-state index contributed by atoms with van der Waals surface area (Å²) in [5, 5.41) is 4.02. The number of fused-ring (bicyclic) bond motifs is 1. The number of imide groups is 2. The smallest absolute Gasteiger partial charge is 0.331 e. The van der Waals surface area contributed by atoms with E-state index in [2.05, 4.69) is 5.32 Å². The molecule has 2 fully saturated rings. The molecule has 30 heavy (non-hydrogen) atoms. The van der Waals surface area contributed by atoms with E-state index >= 15 is 0 Å². The fourth-order valence-corrected chi connectivity index (χ4v) is 4.24. The van der Waals surface area contributed by atoms with Crippen molar-refractivity contribution >= 4 is 34.7 Å². The predicted octanol–water partition coefficient (Wildman–Crippen LogP) is 3.65. The summed E-state index contributed by atoms with van der Waals surface area (Å²) in [6.45, 7) is 0. The van der Waals surface area contributed by atoms with E-state index in [0.717, 1.165) is 42.9 Å². The highest BCUT2D eigenvalue weighted by Crippen LogP contribution is 2.34. The van der Waals surface area contributed by atoms with E-state index in [9.17, 15) is 14.4 Å². The molecule has 1 saturated carbocycles. The topological polar surface area (TPSA) is 84.9 Å². The second-order valence-corrected chi connectivity index (χ2v) is 7.55. The molecule has 7 nitrogen and oxygen atoms in total. The number of nitrogens with zero attached hydrogens (tertiary/aromatic N) is 1. The van der Waals surface area contributed by atoms with Crippen LogP contribution in [-0.2, 0) is 9.59 Å². The second-order valence-electron chi connectivity index (χ2n) is 7.55. The van der Waals surface area contributed by atoms with Crippen LogP contribution in [0, 0.1) is 0 Å². The Kier molecular flexibility index (Phi) is 5.44. The van der Waals surface area contributed by atoms with Gasteiger partial charge in [-0.25, -0.2) is 4.79 Å². The molecule has 0 radical (unpaired) electrons. The van der Waals surface area contributed by atoms with Crippen LogP contribution in [-0.4, -0.2) is 43.0 Å². The summed E-state index contributed by atoms with van der Waals surface area (Å²) in [6.07, 6.45) is 6.06. The minimum Gasteiger partial charge on any atom is -0.497 e. The molecule has 156 valence electrons. The molecule has 2 aromatic rings. The number of rotatable bonds is 4. The van der Waals surface area contributed by atoms with Gasteiger partial charge in [-0.1, -0.05) is 31.4 Å². The molecule has 2 aromatic carbocycles. The van der Waals surface area contributed by atoms with E-state index in [1.165, 1.54) is 18.1 Å². The van der Waals surface area contributed by atoms with Gasteiger partial charge in [0.05, 0.1) is 14.2 Å². The number of benzene rings is 2. The summed E-state index contributed by atoms with van der Waals surface area (Å²) in [5.74, 6) is -0.0876. The van der Waals surface area contributed by atoms with Crippen molar-refractivity contribution in [1.82, 2.24) is 10.2 Å². The number of hydrogen-bond donors (Lipinski definition) is 1.